The van der Waals surface area contributed by atoms with Crippen molar-refractivity contribution in [2.45, 2.75) is 40.5 Å². The predicted molar refractivity (Wildman–Crippen MR) is 45.5 cm³/mol. The number of hydrogen-bond donors (Lipinski definition) is 0. The summed E-state index contributed by atoms with van der Waals surface area (Å²) in [6, 6.07) is 0. The lowest BCUT2D eigenvalue weighted by molar-refractivity contribution is -0.165. The van der Waals surface area contributed by atoms with Gasteiger partial charge in [-0.25, -0.2) is 0 Å². The Kier molecular flexibility index (Phi) is 3.93. The Morgan fingerprint density at radius 3 is 2.17 bits per heavy atom. The highest BCUT2D eigenvalue weighted by Gasteiger charge is 2.29. The van der Waals surface area contributed by atoms with E-state index in [2.05, 4.69) is 4.74 Å². The average molecular weight is 172 g/mol. The molecule has 0 aromatic rings. The van der Waals surface area contributed by atoms with E-state index in [1.54, 1.807) is 13.8 Å². The predicted octanol–water partition coefficient (Wildman–Crippen LogP) is 1.90. The van der Waals surface area contributed by atoms with Crippen molar-refractivity contribution in [3.05, 3.63) is 0 Å². The van der Waals surface area contributed by atoms with Gasteiger partial charge in [0.05, 0.1) is 5.41 Å². The van der Waals surface area contributed by atoms with Crippen LogP contribution in [0.25, 0.3) is 0 Å². The Labute approximate surface area is 73.1 Å². The number of carbonyl (C=O) groups excluding carboxylic acids is 2. The first kappa shape index (κ1) is 11.1. The van der Waals surface area contributed by atoms with Gasteiger partial charge in [-0.05, 0) is 20.3 Å². The quantitative estimate of drug-likeness (QED) is 0.482. The normalized spacial score (nSPS) is 11.0. The lowest BCUT2D eigenvalue weighted by atomic mass is 9.88. The maximum Gasteiger partial charge on any atom is 0.319 e. The fourth-order valence-corrected chi connectivity index (χ4v) is 0.996. The SMILES string of the molecule is CCCC(C)(C)C(=O)OC(C)=O. The molecule has 0 fully saturated rings. The minimum Gasteiger partial charge on any atom is -0.393 e. The van der Waals surface area contributed by atoms with Crippen LogP contribution >= 0.6 is 0 Å². The molecule has 0 amide bonds. The Balaban J connectivity index is 4.15. The van der Waals surface area contributed by atoms with Gasteiger partial charge in [-0.3, -0.25) is 9.59 Å². The highest BCUT2D eigenvalue weighted by atomic mass is 16.6. The maximum atomic E-state index is 11.2. The van der Waals surface area contributed by atoms with Crippen molar-refractivity contribution in [2.75, 3.05) is 0 Å². The molecule has 0 heterocycles. The van der Waals surface area contributed by atoms with Gasteiger partial charge in [0, 0.05) is 6.92 Å². The van der Waals surface area contributed by atoms with Crippen LogP contribution < -0.4 is 0 Å². The van der Waals surface area contributed by atoms with Gasteiger partial charge in [-0.2, -0.15) is 0 Å². The van der Waals surface area contributed by atoms with E-state index in [4.69, 9.17) is 0 Å². The van der Waals surface area contributed by atoms with Crippen LogP contribution in [0.3, 0.4) is 0 Å². The number of carbonyl (C=O) groups is 2. The highest BCUT2D eigenvalue weighted by molar-refractivity contribution is 5.87. The van der Waals surface area contributed by atoms with E-state index < -0.39 is 17.4 Å². The minimum atomic E-state index is -0.541. The van der Waals surface area contributed by atoms with Gasteiger partial charge in [0.2, 0.25) is 0 Å². The van der Waals surface area contributed by atoms with Crippen LogP contribution in [0.1, 0.15) is 40.5 Å². The van der Waals surface area contributed by atoms with Crippen LogP contribution in [-0.4, -0.2) is 11.9 Å². The van der Waals surface area contributed by atoms with Gasteiger partial charge in [0.1, 0.15) is 0 Å². The molecule has 0 aliphatic rings. The largest absolute Gasteiger partial charge is 0.393 e. The summed E-state index contributed by atoms with van der Waals surface area (Å²) in [6.07, 6.45) is 1.64. The standard InChI is InChI=1S/C9H16O3/c1-5-6-9(3,4)8(11)12-7(2)10/h5-6H2,1-4H3. The molecule has 0 spiro atoms. The Morgan fingerprint density at radius 2 is 1.83 bits per heavy atom. The number of hydrogen-bond acceptors (Lipinski definition) is 3. The van der Waals surface area contributed by atoms with Gasteiger partial charge in [0.25, 0.3) is 0 Å². The van der Waals surface area contributed by atoms with Gasteiger partial charge < -0.3 is 4.74 Å². The average Bonchev–Trinajstić information content (AvgIpc) is 1.85. The molecule has 0 aliphatic heterocycles. The fraction of sp³-hybridized carbons (Fsp3) is 0.778. The summed E-state index contributed by atoms with van der Waals surface area (Å²) >= 11 is 0. The molecule has 3 heteroatoms. The maximum absolute atomic E-state index is 11.2. The molecule has 0 aromatic heterocycles. The second-order valence-electron chi connectivity index (χ2n) is 3.51. The molecule has 0 radical (unpaired) electrons. The molecule has 0 saturated carbocycles. The van der Waals surface area contributed by atoms with Crippen LogP contribution in [0.2, 0.25) is 0 Å². The fourth-order valence-electron chi connectivity index (χ4n) is 0.996. The lowest BCUT2D eigenvalue weighted by Gasteiger charge is -2.19. The molecule has 0 unspecified atom stereocenters. The number of rotatable bonds is 3. The summed E-state index contributed by atoms with van der Waals surface area (Å²) in [5.74, 6) is -0.971. The van der Waals surface area contributed by atoms with Crippen LogP contribution in [0.4, 0.5) is 0 Å². The topological polar surface area (TPSA) is 43.4 Å². The third kappa shape index (κ3) is 3.51. The molecule has 0 saturated heterocycles. The molecular formula is C9H16O3. The second kappa shape index (κ2) is 4.24. The molecule has 0 bridgehead atoms. The molecular weight excluding hydrogens is 156 g/mol. The van der Waals surface area contributed by atoms with Crippen LogP contribution in [0.15, 0.2) is 0 Å². The van der Waals surface area contributed by atoms with Crippen molar-refractivity contribution in [3.8, 4) is 0 Å². The zero-order chi connectivity index (χ0) is 9.78. The molecule has 0 aliphatic carbocycles. The monoisotopic (exact) mass is 172 g/mol. The minimum absolute atomic E-state index is 0.433. The molecule has 0 atom stereocenters. The van der Waals surface area contributed by atoms with E-state index in [-0.39, 0.29) is 0 Å². The van der Waals surface area contributed by atoms with Crippen LogP contribution in [0, 0.1) is 5.41 Å². The van der Waals surface area contributed by atoms with Crippen molar-refractivity contribution < 1.29 is 14.3 Å². The van der Waals surface area contributed by atoms with E-state index in [1.165, 1.54) is 6.92 Å². The zero-order valence-electron chi connectivity index (χ0n) is 8.14. The van der Waals surface area contributed by atoms with Gasteiger partial charge >= 0.3 is 11.9 Å². The molecule has 0 rings (SSSR count). The number of esters is 2. The van der Waals surface area contributed by atoms with Gasteiger partial charge in [0.15, 0.2) is 0 Å². The molecule has 12 heavy (non-hydrogen) atoms. The Hall–Kier alpha value is -0.860. The van der Waals surface area contributed by atoms with E-state index in [0.717, 1.165) is 12.8 Å². The first-order valence-electron chi connectivity index (χ1n) is 4.13. The first-order chi connectivity index (χ1) is 5.40. The van der Waals surface area contributed by atoms with Crippen molar-refractivity contribution in [1.82, 2.24) is 0 Å². The van der Waals surface area contributed by atoms with E-state index in [9.17, 15) is 9.59 Å². The van der Waals surface area contributed by atoms with Gasteiger partial charge in [-0.15, -0.1) is 0 Å². The van der Waals surface area contributed by atoms with Crippen molar-refractivity contribution >= 4 is 11.9 Å². The zero-order valence-corrected chi connectivity index (χ0v) is 8.14. The van der Waals surface area contributed by atoms with E-state index >= 15 is 0 Å². The lowest BCUT2D eigenvalue weighted by Crippen LogP contribution is -2.27. The number of ether oxygens (including phenoxy) is 1. The summed E-state index contributed by atoms with van der Waals surface area (Å²) < 4.78 is 4.49. The van der Waals surface area contributed by atoms with Crippen molar-refractivity contribution in [1.29, 1.82) is 0 Å². The third-order valence-electron chi connectivity index (χ3n) is 1.66. The summed E-state index contributed by atoms with van der Waals surface area (Å²) in [5.41, 5.74) is -0.541. The van der Waals surface area contributed by atoms with E-state index in [0.29, 0.717) is 0 Å². The Bertz CT molecular complexity index is 182. The molecule has 70 valence electrons. The first-order valence-corrected chi connectivity index (χ1v) is 4.13. The highest BCUT2D eigenvalue weighted by Crippen LogP contribution is 2.23. The molecule has 3 nitrogen and oxygen atoms in total. The van der Waals surface area contributed by atoms with Crippen molar-refractivity contribution in [3.63, 3.8) is 0 Å². The van der Waals surface area contributed by atoms with E-state index in [1.807, 2.05) is 6.92 Å². The van der Waals surface area contributed by atoms with Gasteiger partial charge in [-0.1, -0.05) is 13.3 Å². The smallest absolute Gasteiger partial charge is 0.319 e. The Morgan fingerprint density at radius 1 is 1.33 bits per heavy atom. The molecule has 0 N–H and O–H groups in total. The van der Waals surface area contributed by atoms with Crippen LogP contribution in [0.5, 0.6) is 0 Å². The summed E-state index contributed by atoms with van der Waals surface area (Å²) in [7, 11) is 0. The summed E-state index contributed by atoms with van der Waals surface area (Å²) in [6.45, 7) is 6.78. The van der Waals surface area contributed by atoms with Crippen LogP contribution in [-0.2, 0) is 14.3 Å². The van der Waals surface area contributed by atoms with Crippen molar-refractivity contribution in [2.24, 2.45) is 5.41 Å². The molecule has 0 aromatic carbocycles. The second-order valence-corrected chi connectivity index (χ2v) is 3.51. The summed E-state index contributed by atoms with van der Waals surface area (Å²) in [4.78, 5) is 21.7. The third-order valence-corrected chi connectivity index (χ3v) is 1.66. The summed E-state index contributed by atoms with van der Waals surface area (Å²) in [5, 5.41) is 0.